The number of rotatable bonds is 5. The molecule has 15 heavy (non-hydrogen) atoms. The minimum Gasteiger partial charge on any atom is -0.481 e. The molecular formula is C6H8O8Zn. The van der Waals surface area contributed by atoms with Crippen molar-refractivity contribution in [1.82, 2.24) is 0 Å². The summed E-state index contributed by atoms with van der Waals surface area (Å²) in [7, 11) is 0. The zero-order chi connectivity index (χ0) is 11.5. The molecule has 0 rings (SSSR count). The largest absolute Gasteiger partial charge is 0.481 e. The number of carboxylic acids is 3. The van der Waals surface area contributed by atoms with E-state index < -0.39 is 36.0 Å². The van der Waals surface area contributed by atoms with Gasteiger partial charge in [-0.25, -0.2) is 9.59 Å². The first-order valence-corrected chi connectivity index (χ1v) is 3.30. The molecule has 0 aromatic heterocycles. The molecule has 0 saturated carbocycles. The third kappa shape index (κ3) is 3.90. The van der Waals surface area contributed by atoms with Gasteiger partial charge in [0.15, 0.2) is 6.10 Å². The van der Waals surface area contributed by atoms with Gasteiger partial charge in [-0.2, -0.15) is 0 Å². The van der Waals surface area contributed by atoms with E-state index in [1.807, 2.05) is 0 Å². The van der Waals surface area contributed by atoms with Gasteiger partial charge in [0.1, 0.15) is 0 Å². The summed E-state index contributed by atoms with van der Waals surface area (Å²) in [6.45, 7) is 0. The number of aliphatic hydroxyl groups excluding tert-OH is 1. The Morgan fingerprint density at radius 1 is 1.13 bits per heavy atom. The van der Waals surface area contributed by atoms with Gasteiger partial charge in [0.25, 0.3) is 0 Å². The summed E-state index contributed by atoms with van der Waals surface area (Å²) in [5, 5.41) is 42.6. The molecule has 0 aliphatic heterocycles. The van der Waals surface area contributed by atoms with Crippen LogP contribution in [-0.2, 0) is 33.9 Å². The molecule has 82 valence electrons. The Labute approximate surface area is 95.9 Å². The van der Waals surface area contributed by atoms with Gasteiger partial charge in [-0.05, 0) is 0 Å². The van der Waals surface area contributed by atoms with E-state index in [1.165, 1.54) is 0 Å². The summed E-state index contributed by atoms with van der Waals surface area (Å²) in [6, 6.07) is 0. The molecule has 2 unspecified atom stereocenters. The second-order valence-electron chi connectivity index (χ2n) is 2.54. The van der Waals surface area contributed by atoms with Crippen LogP contribution in [0, 0.1) is 0 Å². The van der Waals surface area contributed by atoms with E-state index >= 15 is 0 Å². The topological polar surface area (TPSA) is 152 Å². The summed E-state index contributed by atoms with van der Waals surface area (Å²) >= 11 is 0. The van der Waals surface area contributed by atoms with Crippen LogP contribution in [0.25, 0.3) is 0 Å². The standard InChI is InChI=1S/C6H8O8.Zn/c7-2(8)1-6(14,5(12)13)3(9)4(10)11;/h3,9,14H,1H2,(H,7,8)(H,10,11)(H,12,13);. The van der Waals surface area contributed by atoms with Crippen molar-refractivity contribution in [2.24, 2.45) is 0 Å². The van der Waals surface area contributed by atoms with Gasteiger partial charge < -0.3 is 25.5 Å². The van der Waals surface area contributed by atoms with Gasteiger partial charge in [-0.3, -0.25) is 4.79 Å². The molecule has 0 radical (unpaired) electrons. The normalized spacial score (nSPS) is 15.6. The maximum absolute atomic E-state index is 10.4. The number of aliphatic carboxylic acids is 3. The monoisotopic (exact) mass is 272 g/mol. The summed E-state index contributed by atoms with van der Waals surface area (Å²) in [6.07, 6.45) is -4.11. The number of carbonyl (C=O) groups is 3. The third-order valence-electron chi connectivity index (χ3n) is 1.48. The van der Waals surface area contributed by atoms with Crippen LogP contribution in [0.1, 0.15) is 6.42 Å². The fraction of sp³-hybridized carbons (Fsp3) is 0.500. The number of aliphatic hydroxyl groups is 2. The van der Waals surface area contributed by atoms with Crippen molar-refractivity contribution in [1.29, 1.82) is 0 Å². The number of hydrogen-bond donors (Lipinski definition) is 5. The van der Waals surface area contributed by atoms with Gasteiger partial charge in [-0.1, -0.05) is 0 Å². The Kier molecular flexibility index (Phi) is 6.27. The molecule has 0 heterocycles. The second-order valence-corrected chi connectivity index (χ2v) is 2.54. The predicted molar refractivity (Wildman–Crippen MR) is 38.5 cm³/mol. The van der Waals surface area contributed by atoms with Crippen LogP contribution in [0.5, 0.6) is 0 Å². The molecule has 0 aromatic carbocycles. The van der Waals surface area contributed by atoms with Crippen LogP contribution in [0.2, 0.25) is 0 Å². The Balaban J connectivity index is 0. The van der Waals surface area contributed by atoms with E-state index in [4.69, 9.17) is 25.5 Å². The van der Waals surface area contributed by atoms with Crippen molar-refractivity contribution < 1.29 is 59.4 Å². The van der Waals surface area contributed by atoms with Crippen molar-refractivity contribution in [2.75, 3.05) is 0 Å². The Hall–Kier alpha value is -1.05. The van der Waals surface area contributed by atoms with Crippen LogP contribution >= 0.6 is 0 Å². The molecule has 9 heteroatoms. The first-order valence-electron chi connectivity index (χ1n) is 3.30. The zero-order valence-electron chi connectivity index (χ0n) is 7.45. The van der Waals surface area contributed by atoms with E-state index in [0.717, 1.165) is 0 Å². The van der Waals surface area contributed by atoms with Gasteiger partial charge in [0, 0.05) is 19.5 Å². The van der Waals surface area contributed by atoms with Crippen LogP contribution < -0.4 is 0 Å². The van der Waals surface area contributed by atoms with E-state index in [-0.39, 0.29) is 19.5 Å². The Bertz CT molecular complexity index is 276. The van der Waals surface area contributed by atoms with Crippen molar-refractivity contribution in [3.8, 4) is 0 Å². The SMILES string of the molecule is O=C(O)CC(O)(C(=O)O)C(O)C(=O)O.[Zn]. The number of carboxylic acid groups (broad SMARTS) is 3. The summed E-state index contributed by atoms with van der Waals surface area (Å²) in [4.78, 5) is 30.7. The first-order chi connectivity index (χ1) is 6.21. The summed E-state index contributed by atoms with van der Waals surface area (Å²) < 4.78 is 0. The maximum Gasteiger partial charge on any atom is 0.339 e. The van der Waals surface area contributed by atoms with Gasteiger partial charge in [-0.15, -0.1) is 0 Å². The molecule has 0 spiro atoms. The zero-order valence-corrected chi connectivity index (χ0v) is 10.4. The maximum atomic E-state index is 10.4. The molecule has 5 N–H and O–H groups in total. The van der Waals surface area contributed by atoms with Gasteiger partial charge >= 0.3 is 17.9 Å². The van der Waals surface area contributed by atoms with E-state index in [1.54, 1.807) is 0 Å². The fourth-order valence-corrected chi connectivity index (χ4v) is 0.724. The van der Waals surface area contributed by atoms with E-state index in [0.29, 0.717) is 0 Å². The predicted octanol–water partition coefficient (Wildman–Crippen LogP) is -2.28. The molecule has 0 bridgehead atoms. The van der Waals surface area contributed by atoms with Crippen molar-refractivity contribution in [2.45, 2.75) is 18.1 Å². The minimum atomic E-state index is -3.22. The molecule has 0 amide bonds. The van der Waals surface area contributed by atoms with Gasteiger partial charge in [0.05, 0.1) is 6.42 Å². The first kappa shape index (κ1) is 16.4. The minimum absolute atomic E-state index is 0. The van der Waals surface area contributed by atoms with Crippen LogP contribution in [-0.4, -0.2) is 55.1 Å². The van der Waals surface area contributed by atoms with Gasteiger partial charge in [0.2, 0.25) is 5.60 Å². The third-order valence-corrected chi connectivity index (χ3v) is 1.48. The molecule has 2 atom stereocenters. The average Bonchev–Trinajstić information content (AvgIpc) is 2.00. The molecule has 0 aliphatic rings. The average molecular weight is 274 g/mol. The summed E-state index contributed by atoms with van der Waals surface area (Å²) in [5.74, 6) is -5.87. The molecular weight excluding hydrogens is 265 g/mol. The Morgan fingerprint density at radius 2 is 1.53 bits per heavy atom. The Morgan fingerprint density at radius 3 is 1.73 bits per heavy atom. The summed E-state index contributed by atoms with van der Waals surface area (Å²) in [5.41, 5.74) is -3.22. The molecule has 0 fully saturated rings. The molecule has 0 saturated heterocycles. The van der Waals surface area contributed by atoms with Crippen molar-refractivity contribution in [3.63, 3.8) is 0 Å². The number of hydrogen-bond acceptors (Lipinski definition) is 5. The molecule has 0 aliphatic carbocycles. The van der Waals surface area contributed by atoms with Crippen LogP contribution in [0.4, 0.5) is 0 Å². The second kappa shape index (κ2) is 5.74. The van der Waals surface area contributed by atoms with E-state index in [2.05, 4.69) is 0 Å². The van der Waals surface area contributed by atoms with Crippen molar-refractivity contribution in [3.05, 3.63) is 0 Å². The molecule has 0 aromatic rings. The van der Waals surface area contributed by atoms with E-state index in [9.17, 15) is 14.4 Å². The van der Waals surface area contributed by atoms with Crippen LogP contribution in [0.3, 0.4) is 0 Å². The van der Waals surface area contributed by atoms with Crippen molar-refractivity contribution >= 4 is 17.9 Å². The fourth-order valence-electron chi connectivity index (χ4n) is 0.724. The molecule has 8 nitrogen and oxygen atoms in total. The van der Waals surface area contributed by atoms with Crippen LogP contribution in [0.15, 0.2) is 0 Å². The quantitative estimate of drug-likeness (QED) is 0.351. The smallest absolute Gasteiger partial charge is 0.339 e.